The van der Waals surface area contributed by atoms with Crippen LogP contribution in [0.4, 0.5) is 17.5 Å². The van der Waals surface area contributed by atoms with Crippen LogP contribution in [0.5, 0.6) is 0 Å². The Hall–Kier alpha value is -2.70. The molecular formula is C19H23N5O2. The van der Waals surface area contributed by atoms with Gasteiger partial charge in [0.05, 0.1) is 10.6 Å². The predicted octanol–water partition coefficient (Wildman–Crippen LogP) is 4.23. The predicted molar refractivity (Wildman–Crippen MR) is 100 cm³/mol. The molecule has 0 unspecified atom stereocenters. The van der Waals surface area contributed by atoms with Crippen molar-refractivity contribution in [3.63, 3.8) is 0 Å². The summed E-state index contributed by atoms with van der Waals surface area (Å²) >= 11 is 0. The van der Waals surface area contributed by atoms with Crippen LogP contribution >= 0.6 is 0 Å². The molecule has 2 aromatic rings. The largest absolute Gasteiger partial charge is 0.366 e. The lowest BCUT2D eigenvalue weighted by Gasteiger charge is -2.14. The van der Waals surface area contributed by atoms with E-state index in [4.69, 9.17) is 4.98 Å². The van der Waals surface area contributed by atoms with E-state index in [1.807, 2.05) is 6.07 Å². The minimum atomic E-state index is -0.384. The first-order valence-electron chi connectivity index (χ1n) is 9.30. The maximum Gasteiger partial charge on any atom is 0.269 e. The summed E-state index contributed by atoms with van der Waals surface area (Å²) in [5.74, 6) is 2.08. The highest BCUT2D eigenvalue weighted by atomic mass is 16.6. The fourth-order valence-electron chi connectivity index (χ4n) is 3.39. The number of non-ortho nitro benzene ring substituents is 1. The summed E-state index contributed by atoms with van der Waals surface area (Å²) in [6, 6.07) is 9.10. The quantitative estimate of drug-likeness (QED) is 0.571. The number of anilines is 2. The summed E-state index contributed by atoms with van der Waals surface area (Å²) in [5.41, 5.74) is 2.19. The SMILES string of the molecule is O=[N+]([O-])c1ccc(CNc2cc(C3CC3)nc(NC3CCCC3)n2)cc1. The van der Waals surface area contributed by atoms with Gasteiger partial charge in [-0.2, -0.15) is 4.98 Å². The summed E-state index contributed by atoms with van der Waals surface area (Å²) in [6.07, 6.45) is 7.30. The Kier molecular flexibility index (Phi) is 4.69. The maximum atomic E-state index is 10.7. The molecule has 1 aromatic carbocycles. The molecule has 0 bridgehead atoms. The highest BCUT2D eigenvalue weighted by Gasteiger charge is 2.26. The minimum absolute atomic E-state index is 0.106. The van der Waals surface area contributed by atoms with Crippen molar-refractivity contribution in [2.75, 3.05) is 10.6 Å². The highest BCUT2D eigenvalue weighted by Crippen LogP contribution is 2.40. The molecule has 2 fully saturated rings. The molecule has 7 nitrogen and oxygen atoms in total. The van der Waals surface area contributed by atoms with Gasteiger partial charge in [-0.3, -0.25) is 10.1 Å². The van der Waals surface area contributed by atoms with E-state index in [-0.39, 0.29) is 10.6 Å². The van der Waals surface area contributed by atoms with Crippen LogP contribution in [0, 0.1) is 10.1 Å². The number of nitro groups is 1. The van der Waals surface area contributed by atoms with Crippen LogP contribution in [0.2, 0.25) is 0 Å². The van der Waals surface area contributed by atoms with E-state index < -0.39 is 0 Å². The van der Waals surface area contributed by atoms with Gasteiger partial charge in [-0.15, -0.1) is 0 Å². The fraction of sp³-hybridized carbons (Fsp3) is 0.474. The lowest BCUT2D eigenvalue weighted by molar-refractivity contribution is -0.384. The van der Waals surface area contributed by atoms with E-state index in [1.165, 1.54) is 50.7 Å². The highest BCUT2D eigenvalue weighted by molar-refractivity contribution is 5.45. The summed E-state index contributed by atoms with van der Waals surface area (Å²) in [5, 5.41) is 17.6. The van der Waals surface area contributed by atoms with Gasteiger partial charge in [0.25, 0.3) is 5.69 Å². The molecular weight excluding hydrogens is 330 g/mol. The van der Waals surface area contributed by atoms with Crippen LogP contribution in [-0.4, -0.2) is 20.9 Å². The van der Waals surface area contributed by atoms with Crippen molar-refractivity contribution in [3.05, 3.63) is 51.7 Å². The lowest BCUT2D eigenvalue weighted by atomic mass is 10.2. The zero-order chi connectivity index (χ0) is 17.9. The van der Waals surface area contributed by atoms with E-state index in [0.717, 1.165) is 17.1 Å². The fourth-order valence-corrected chi connectivity index (χ4v) is 3.39. The number of nitro benzene ring substituents is 1. The van der Waals surface area contributed by atoms with Crippen LogP contribution in [0.15, 0.2) is 30.3 Å². The second kappa shape index (κ2) is 7.27. The van der Waals surface area contributed by atoms with Crippen molar-refractivity contribution in [1.29, 1.82) is 0 Å². The maximum absolute atomic E-state index is 10.7. The third kappa shape index (κ3) is 4.09. The molecule has 0 radical (unpaired) electrons. The van der Waals surface area contributed by atoms with Gasteiger partial charge < -0.3 is 10.6 Å². The zero-order valence-electron chi connectivity index (χ0n) is 14.6. The summed E-state index contributed by atoms with van der Waals surface area (Å²) in [6.45, 7) is 0.571. The summed E-state index contributed by atoms with van der Waals surface area (Å²) in [7, 11) is 0. The molecule has 26 heavy (non-hydrogen) atoms. The minimum Gasteiger partial charge on any atom is -0.366 e. The third-order valence-electron chi connectivity index (χ3n) is 5.05. The number of aromatic nitrogens is 2. The van der Waals surface area contributed by atoms with Crippen LogP contribution in [-0.2, 0) is 6.54 Å². The number of hydrogen-bond donors (Lipinski definition) is 2. The van der Waals surface area contributed by atoms with Crippen LogP contribution in [0.25, 0.3) is 0 Å². The van der Waals surface area contributed by atoms with Gasteiger partial charge in [0.2, 0.25) is 5.95 Å². The molecule has 0 amide bonds. The molecule has 2 N–H and O–H groups in total. The molecule has 136 valence electrons. The summed E-state index contributed by atoms with van der Waals surface area (Å²) in [4.78, 5) is 19.7. The Labute approximate surface area is 152 Å². The Morgan fingerprint density at radius 1 is 1.08 bits per heavy atom. The first kappa shape index (κ1) is 16.8. The molecule has 0 saturated heterocycles. The average molecular weight is 353 g/mol. The second-order valence-electron chi connectivity index (χ2n) is 7.18. The first-order valence-corrected chi connectivity index (χ1v) is 9.30. The topological polar surface area (TPSA) is 93.0 Å². The Bertz CT molecular complexity index is 783. The van der Waals surface area contributed by atoms with E-state index >= 15 is 0 Å². The monoisotopic (exact) mass is 353 g/mol. The van der Waals surface area contributed by atoms with Crippen molar-refractivity contribution in [1.82, 2.24) is 9.97 Å². The number of hydrogen-bond acceptors (Lipinski definition) is 6. The molecule has 0 aliphatic heterocycles. The van der Waals surface area contributed by atoms with Crippen molar-refractivity contribution in [2.24, 2.45) is 0 Å². The number of benzene rings is 1. The number of nitrogens with one attached hydrogen (secondary N) is 2. The lowest BCUT2D eigenvalue weighted by Crippen LogP contribution is -2.17. The first-order chi connectivity index (χ1) is 12.7. The molecule has 1 heterocycles. The third-order valence-corrected chi connectivity index (χ3v) is 5.05. The molecule has 2 saturated carbocycles. The van der Waals surface area contributed by atoms with E-state index in [9.17, 15) is 10.1 Å². The Morgan fingerprint density at radius 2 is 1.81 bits per heavy atom. The smallest absolute Gasteiger partial charge is 0.269 e. The van der Waals surface area contributed by atoms with Gasteiger partial charge >= 0.3 is 0 Å². The van der Waals surface area contributed by atoms with Crippen LogP contribution in [0.3, 0.4) is 0 Å². The van der Waals surface area contributed by atoms with Crippen molar-refractivity contribution in [2.45, 2.75) is 57.0 Å². The van der Waals surface area contributed by atoms with Crippen molar-refractivity contribution >= 4 is 17.5 Å². The molecule has 4 rings (SSSR count). The van der Waals surface area contributed by atoms with E-state index in [0.29, 0.717) is 24.5 Å². The molecule has 2 aliphatic rings. The zero-order valence-corrected chi connectivity index (χ0v) is 14.6. The number of rotatable bonds is 7. The van der Waals surface area contributed by atoms with Crippen LogP contribution < -0.4 is 10.6 Å². The molecule has 0 atom stereocenters. The van der Waals surface area contributed by atoms with Gasteiger partial charge in [0, 0.05) is 36.7 Å². The molecule has 0 spiro atoms. The molecule has 2 aliphatic carbocycles. The second-order valence-corrected chi connectivity index (χ2v) is 7.18. The molecule has 1 aromatic heterocycles. The Balaban J connectivity index is 1.45. The van der Waals surface area contributed by atoms with Crippen molar-refractivity contribution in [3.8, 4) is 0 Å². The number of nitrogens with zero attached hydrogens (tertiary/aromatic N) is 3. The van der Waals surface area contributed by atoms with Gasteiger partial charge in [-0.25, -0.2) is 4.98 Å². The summed E-state index contributed by atoms with van der Waals surface area (Å²) < 4.78 is 0. The molecule has 7 heteroatoms. The van der Waals surface area contributed by atoms with Crippen LogP contribution in [0.1, 0.15) is 55.7 Å². The van der Waals surface area contributed by atoms with Gasteiger partial charge in [0.1, 0.15) is 5.82 Å². The Morgan fingerprint density at radius 3 is 2.46 bits per heavy atom. The van der Waals surface area contributed by atoms with Gasteiger partial charge in [-0.05, 0) is 31.2 Å². The van der Waals surface area contributed by atoms with E-state index in [1.54, 1.807) is 12.1 Å². The van der Waals surface area contributed by atoms with E-state index in [2.05, 4.69) is 15.6 Å². The standard InChI is InChI=1S/C19H23N5O2/c25-24(26)16-9-5-13(6-10-16)12-20-18-11-17(14-7-8-14)22-19(23-18)21-15-3-1-2-4-15/h5-6,9-11,14-15H,1-4,7-8,12H2,(H2,20,21,22,23). The average Bonchev–Trinajstić information content (AvgIpc) is 3.38. The normalized spacial score (nSPS) is 17.2. The van der Waals surface area contributed by atoms with Gasteiger partial charge in [-0.1, -0.05) is 25.0 Å². The van der Waals surface area contributed by atoms with Gasteiger partial charge in [0.15, 0.2) is 0 Å². The van der Waals surface area contributed by atoms with Crippen molar-refractivity contribution < 1.29 is 4.92 Å².